The van der Waals surface area contributed by atoms with E-state index < -0.39 is 42.4 Å². The van der Waals surface area contributed by atoms with Crippen LogP contribution in [0.3, 0.4) is 0 Å². The zero-order valence-corrected chi connectivity index (χ0v) is 16.5. The van der Waals surface area contributed by atoms with Crippen molar-refractivity contribution in [3.05, 3.63) is 0 Å². The third-order valence-electron chi connectivity index (χ3n) is 4.51. The van der Waals surface area contributed by atoms with Crippen molar-refractivity contribution in [3.63, 3.8) is 0 Å². The maximum Gasteiger partial charge on any atom is 0.410 e. The summed E-state index contributed by atoms with van der Waals surface area (Å²) in [6.07, 6.45) is 1.60. The number of esters is 1. The van der Waals surface area contributed by atoms with Crippen LogP contribution in [0.1, 0.15) is 45.4 Å². The molecule has 1 amide bonds. The highest BCUT2D eigenvalue weighted by Gasteiger charge is 2.35. The zero-order chi connectivity index (χ0) is 21.0. The van der Waals surface area contributed by atoms with Gasteiger partial charge in [-0.05, 0) is 18.3 Å². The highest BCUT2D eigenvalue weighted by atomic mass is 16.7. The van der Waals surface area contributed by atoms with Gasteiger partial charge >= 0.3 is 18.0 Å². The fourth-order valence-corrected chi connectivity index (χ4v) is 3.25. The van der Waals surface area contributed by atoms with Crippen LogP contribution in [0.25, 0.3) is 0 Å². The first-order chi connectivity index (χ1) is 13.3. The minimum Gasteiger partial charge on any atom is -0.481 e. The molecule has 10 nitrogen and oxygen atoms in total. The number of hydrogen-bond acceptors (Lipinski definition) is 8. The zero-order valence-electron chi connectivity index (χ0n) is 16.5. The molecule has 0 aromatic heterocycles. The number of aliphatic hydroxyl groups is 1. The second kappa shape index (κ2) is 12.5. The number of rotatable bonds is 12. The molecule has 1 saturated carbocycles. The van der Waals surface area contributed by atoms with Crippen molar-refractivity contribution >= 4 is 18.0 Å². The normalized spacial score (nSPS) is 18.0. The first kappa shape index (κ1) is 24.1. The number of alkyl carbamates (subject to hydrolysis) is 1. The fraction of sp³-hybridized carbons (Fsp3) is 0.833. The Kier molecular flexibility index (Phi) is 10.8. The van der Waals surface area contributed by atoms with Crippen molar-refractivity contribution in [2.24, 2.45) is 5.41 Å². The Morgan fingerprint density at radius 1 is 1.11 bits per heavy atom. The predicted octanol–water partition coefficient (Wildman–Crippen LogP) is 1.05. The molecule has 0 aromatic rings. The summed E-state index contributed by atoms with van der Waals surface area (Å²) < 4.78 is 19.6. The molecule has 162 valence electrons. The maximum absolute atomic E-state index is 11.9. The van der Waals surface area contributed by atoms with Crippen LogP contribution in [0.5, 0.6) is 0 Å². The van der Waals surface area contributed by atoms with Gasteiger partial charge in [-0.2, -0.15) is 0 Å². The smallest absolute Gasteiger partial charge is 0.410 e. The average Bonchev–Trinajstić information content (AvgIpc) is 2.60. The quantitative estimate of drug-likeness (QED) is 0.321. The predicted molar refractivity (Wildman–Crippen MR) is 96.5 cm³/mol. The van der Waals surface area contributed by atoms with E-state index in [4.69, 9.17) is 24.1 Å². The van der Waals surface area contributed by atoms with Crippen LogP contribution in [0.2, 0.25) is 0 Å². The summed E-state index contributed by atoms with van der Waals surface area (Å²) in [4.78, 5) is 34.7. The molecule has 1 aliphatic carbocycles. The summed E-state index contributed by atoms with van der Waals surface area (Å²) in [5.41, 5.74) is -0.472. The van der Waals surface area contributed by atoms with Crippen LogP contribution in [0, 0.1) is 5.41 Å². The van der Waals surface area contributed by atoms with E-state index in [1.54, 1.807) is 0 Å². The Morgan fingerprint density at radius 2 is 1.79 bits per heavy atom. The Labute approximate surface area is 164 Å². The summed E-state index contributed by atoms with van der Waals surface area (Å²) in [6.45, 7) is 1.16. The van der Waals surface area contributed by atoms with Gasteiger partial charge in [-0.3, -0.25) is 4.79 Å². The lowest BCUT2D eigenvalue weighted by Crippen LogP contribution is -2.41. The molecule has 1 unspecified atom stereocenters. The summed E-state index contributed by atoms with van der Waals surface area (Å²) >= 11 is 0. The Hall–Kier alpha value is -1.91. The molecule has 0 aliphatic heterocycles. The van der Waals surface area contributed by atoms with Crippen molar-refractivity contribution in [1.29, 1.82) is 0 Å². The number of ether oxygens (including phenoxy) is 4. The lowest BCUT2D eigenvalue weighted by molar-refractivity contribution is -0.171. The number of hydrogen-bond donors (Lipinski definition) is 3. The van der Waals surface area contributed by atoms with E-state index in [0.29, 0.717) is 0 Å². The molecule has 0 aromatic carbocycles. The topological polar surface area (TPSA) is 141 Å². The maximum atomic E-state index is 11.9. The third kappa shape index (κ3) is 9.86. The number of carbonyl (C=O) groups is 3. The van der Waals surface area contributed by atoms with Crippen LogP contribution in [0.15, 0.2) is 0 Å². The Bertz CT molecular complexity index is 505. The molecule has 0 spiro atoms. The van der Waals surface area contributed by atoms with Gasteiger partial charge in [0.1, 0.15) is 12.7 Å². The number of methoxy groups -OCH3 is 1. The molecule has 1 fully saturated rings. The molecule has 3 N–H and O–H groups in total. The van der Waals surface area contributed by atoms with Crippen LogP contribution >= 0.6 is 0 Å². The second-order valence-corrected chi connectivity index (χ2v) is 7.07. The SMILES string of the molecule is COC[C@@H](O)COCC(=O)OC(C)OC(=O)NCC1(CC(=O)O)CCCCC1. The minimum atomic E-state index is -1.14. The van der Waals surface area contributed by atoms with Crippen LogP contribution < -0.4 is 5.32 Å². The van der Waals surface area contributed by atoms with Gasteiger partial charge in [-0.1, -0.05) is 19.3 Å². The summed E-state index contributed by atoms with van der Waals surface area (Å²) in [7, 11) is 1.43. The first-order valence-electron chi connectivity index (χ1n) is 9.37. The number of aliphatic carboxylic acids is 1. The van der Waals surface area contributed by atoms with Crippen LogP contribution in [-0.4, -0.2) is 74.1 Å². The summed E-state index contributed by atoms with van der Waals surface area (Å²) in [5.74, 6) is -1.64. The van der Waals surface area contributed by atoms with Gasteiger partial charge in [0.25, 0.3) is 0 Å². The molecule has 28 heavy (non-hydrogen) atoms. The van der Waals surface area contributed by atoms with Crippen molar-refractivity contribution in [3.8, 4) is 0 Å². The number of amides is 1. The van der Waals surface area contributed by atoms with Crippen LogP contribution in [-0.2, 0) is 28.5 Å². The van der Waals surface area contributed by atoms with Gasteiger partial charge in [-0.25, -0.2) is 9.59 Å². The molecule has 1 aliphatic rings. The third-order valence-corrected chi connectivity index (χ3v) is 4.51. The summed E-state index contributed by atoms with van der Waals surface area (Å²) in [5, 5.41) is 21.1. The average molecular weight is 405 g/mol. The molecular weight excluding hydrogens is 374 g/mol. The van der Waals surface area contributed by atoms with Crippen molar-refractivity contribution < 1.29 is 43.5 Å². The molecular formula is C18H31NO9. The fourth-order valence-electron chi connectivity index (χ4n) is 3.25. The lowest BCUT2D eigenvalue weighted by Gasteiger charge is -2.36. The highest BCUT2D eigenvalue weighted by molar-refractivity contribution is 5.71. The molecule has 0 radical (unpaired) electrons. The van der Waals surface area contributed by atoms with Gasteiger partial charge in [0, 0.05) is 20.6 Å². The standard InChI is InChI=1S/C18H31NO9/c1-13(27-16(23)11-26-10-14(20)9-25-2)28-17(24)19-12-18(8-15(21)22)6-4-3-5-7-18/h13-14,20H,3-12H2,1-2H3,(H,19,24)(H,21,22)/t13?,14-/m1/s1. The Balaban J connectivity index is 2.31. The largest absolute Gasteiger partial charge is 0.481 e. The number of aliphatic hydroxyl groups excluding tert-OH is 1. The minimum absolute atomic E-state index is 0.00984. The monoisotopic (exact) mass is 405 g/mol. The van der Waals surface area contributed by atoms with Gasteiger partial charge < -0.3 is 34.5 Å². The number of carboxylic acids is 1. The molecule has 1 rings (SSSR count). The number of carbonyl (C=O) groups excluding carboxylic acids is 2. The molecule has 10 heteroatoms. The molecule has 0 bridgehead atoms. The van der Waals surface area contributed by atoms with Crippen molar-refractivity contribution in [2.75, 3.05) is 33.5 Å². The highest BCUT2D eigenvalue weighted by Crippen LogP contribution is 2.38. The van der Waals surface area contributed by atoms with Gasteiger partial charge in [0.05, 0.1) is 19.6 Å². The lowest BCUT2D eigenvalue weighted by atomic mass is 9.72. The second-order valence-electron chi connectivity index (χ2n) is 7.07. The molecule has 0 saturated heterocycles. The van der Waals surface area contributed by atoms with E-state index in [2.05, 4.69) is 5.32 Å². The van der Waals surface area contributed by atoms with E-state index in [9.17, 15) is 19.5 Å². The molecule has 2 atom stereocenters. The van der Waals surface area contributed by atoms with Gasteiger partial charge in [0.2, 0.25) is 6.29 Å². The van der Waals surface area contributed by atoms with E-state index >= 15 is 0 Å². The summed E-state index contributed by atoms with van der Waals surface area (Å²) in [6, 6.07) is 0. The van der Waals surface area contributed by atoms with Gasteiger partial charge in [-0.15, -0.1) is 0 Å². The van der Waals surface area contributed by atoms with Crippen LogP contribution in [0.4, 0.5) is 4.79 Å². The van der Waals surface area contributed by atoms with Crippen molar-refractivity contribution in [1.82, 2.24) is 5.32 Å². The molecule has 0 heterocycles. The van der Waals surface area contributed by atoms with Gasteiger partial charge in [0.15, 0.2) is 0 Å². The van der Waals surface area contributed by atoms with E-state index in [1.165, 1.54) is 14.0 Å². The number of nitrogens with one attached hydrogen (secondary N) is 1. The van der Waals surface area contributed by atoms with E-state index in [0.717, 1.165) is 32.1 Å². The first-order valence-corrected chi connectivity index (χ1v) is 9.37. The van der Waals surface area contributed by atoms with E-state index in [1.807, 2.05) is 0 Å². The van der Waals surface area contributed by atoms with Crippen molar-refractivity contribution in [2.45, 2.75) is 57.8 Å². The number of carboxylic acid groups (broad SMARTS) is 1. The Morgan fingerprint density at radius 3 is 2.39 bits per heavy atom. The van der Waals surface area contributed by atoms with E-state index in [-0.39, 0.29) is 26.2 Å².